The van der Waals surface area contributed by atoms with Gasteiger partial charge in [-0.3, -0.25) is 0 Å². The van der Waals surface area contributed by atoms with Gasteiger partial charge in [0.1, 0.15) is 5.75 Å². The SMILES string of the molecule is C[Si](C)(C)CCCCCCOc1ccc(-c2ccc(C#N)cc2)cc1. The van der Waals surface area contributed by atoms with Crippen molar-refractivity contribution in [2.75, 3.05) is 6.61 Å². The summed E-state index contributed by atoms with van der Waals surface area (Å²) in [6.45, 7) is 8.12. The molecule has 2 aromatic rings. The van der Waals surface area contributed by atoms with Gasteiger partial charge in [0.2, 0.25) is 0 Å². The van der Waals surface area contributed by atoms with E-state index in [1.165, 1.54) is 25.3 Å². The molecule has 0 fully saturated rings. The molecule has 0 unspecified atom stereocenters. The number of unbranched alkanes of at least 4 members (excludes halogenated alkanes) is 3. The van der Waals surface area contributed by atoms with Gasteiger partial charge in [-0.25, -0.2) is 0 Å². The molecule has 0 aliphatic rings. The lowest BCUT2D eigenvalue weighted by molar-refractivity contribution is 0.305. The molecule has 0 heterocycles. The first-order valence-corrected chi connectivity index (χ1v) is 12.9. The van der Waals surface area contributed by atoms with Crippen molar-refractivity contribution < 1.29 is 4.74 Å². The zero-order valence-corrected chi connectivity index (χ0v) is 16.7. The van der Waals surface area contributed by atoms with Crippen molar-refractivity contribution in [2.24, 2.45) is 0 Å². The van der Waals surface area contributed by atoms with Crippen LogP contribution in [-0.4, -0.2) is 14.7 Å². The first-order chi connectivity index (χ1) is 12.0. The maximum Gasteiger partial charge on any atom is 0.119 e. The van der Waals surface area contributed by atoms with Gasteiger partial charge in [-0.05, 0) is 41.8 Å². The van der Waals surface area contributed by atoms with Crippen LogP contribution in [0.5, 0.6) is 5.75 Å². The van der Waals surface area contributed by atoms with E-state index in [-0.39, 0.29) is 0 Å². The molecule has 0 spiro atoms. The number of nitriles is 1. The molecule has 2 nitrogen and oxygen atoms in total. The highest BCUT2D eigenvalue weighted by atomic mass is 28.3. The van der Waals surface area contributed by atoms with E-state index in [1.54, 1.807) is 0 Å². The molecule has 2 aromatic carbocycles. The van der Waals surface area contributed by atoms with Gasteiger partial charge in [0, 0.05) is 8.07 Å². The van der Waals surface area contributed by atoms with Crippen molar-refractivity contribution in [2.45, 2.75) is 51.4 Å². The molecule has 0 N–H and O–H groups in total. The van der Waals surface area contributed by atoms with Crippen molar-refractivity contribution in [1.29, 1.82) is 5.26 Å². The summed E-state index contributed by atoms with van der Waals surface area (Å²) in [5.74, 6) is 0.930. The van der Waals surface area contributed by atoms with Gasteiger partial charge in [-0.15, -0.1) is 0 Å². The molecule has 0 radical (unpaired) electrons. The van der Waals surface area contributed by atoms with Crippen LogP contribution in [0.3, 0.4) is 0 Å². The normalized spacial score (nSPS) is 11.1. The Morgan fingerprint density at radius 3 is 1.92 bits per heavy atom. The lowest BCUT2D eigenvalue weighted by atomic mass is 10.0. The minimum absolute atomic E-state index is 0.688. The van der Waals surface area contributed by atoms with Crippen LogP contribution in [0.25, 0.3) is 11.1 Å². The van der Waals surface area contributed by atoms with Crippen molar-refractivity contribution in [1.82, 2.24) is 0 Å². The second-order valence-electron chi connectivity index (χ2n) is 7.79. The Hall–Kier alpha value is -2.05. The van der Waals surface area contributed by atoms with Gasteiger partial charge in [0.15, 0.2) is 0 Å². The smallest absolute Gasteiger partial charge is 0.119 e. The van der Waals surface area contributed by atoms with Crippen LogP contribution < -0.4 is 4.74 Å². The Bertz CT molecular complexity index is 678. The standard InChI is InChI=1S/C22H29NOSi/c1-25(2,3)17-7-5-4-6-16-24-22-14-12-21(13-15-22)20-10-8-19(18-23)9-11-20/h8-15H,4-7,16-17H2,1-3H3. The average Bonchev–Trinajstić information content (AvgIpc) is 2.60. The van der Waals surface area contributed by atoms with E-state index in [2.05, 4.69) is 37.8 Å². The molecular weight excluding hydrogens is 322 g/mol. The van der Waals surface area contributed by atoms with Gasteiger partial charge in [-0.2, -0.15) is 5.26 Å². The molecule has 2 rings (SSSR count). The van der Waals surface area contributed by atoms with E-state index in [0.717, 1.165) is 29.9 Å². The van der Waals surface area contributed by atoms with E-state index >= 15 is 0 Å². The molecule has 0 saturated heterocycles. The van der Waals surface area contributed by atoms with Gasteiger partial charge < -0.3 is 4.74 Å². The summed E-state index contributed by atoms with van der Waals surface area (Å²) in [6, 6.07) is 19.4. The minimum Gasteiger partial charge on any atom is -0.494 e. The summed E-state index contributed by atoms with van der Waals surface area (Å²) in [5, 5.41) is 8.86. The van der Waals surface area contributed by atoms with Gasteiger partial charge >= 0.3 is 0 Å². The first kappa shape index (κ1) is 19.3. The number of nitrogens with zero attached hydrogens (tertiary/aromatic N) is 1. The fourth-order valence-corrected chi connectivity index (χ4v) is 4.09. The first-order valence-electron chi connectivity index (χ1n) is 9.21. The Balaban J connectivity index is 1.71. The number of benzene rings is 2. The zero-order chi connectivity index (χ0) is 18.1. The third kappa shape index (κ3) is 7.15. The summed E-state index contributed by atoms with van der Waals surface area (Å²) < 4.78 is 5.85. The number of hydrogen-bond donors (Lipinski definition) is 0. The third-order valence-electron chi connectivity index (χ3n) is 4.29. The summed E-state index contributed by atoms with van der Waals surface area (Å²) in [7, 11) is -0.864. The lowest BCUT2D eigenvalue weighted by Crippen LogP contribution is -2.18. The highest BCUT2D eigenvalue weighted by Crippen LogP contribution is 2.23. The molecule has 0 atom stereocenters. The third-order valence-corrected chi connectivity index (χ3v) is 6.15. The molecule has 132 valence electrons. The Labute approximate surface area is 153 Å². The molecule has 0 bridgehead atoms. The molecule has 3 heteroatoms. The molecule has 0 aliphatic heterocycles. The largest absolute Gasteiger partial charge is 0.494 e. The molecule has 0 saturated carbocycles. The van der Waals surface area contributed by atoms with Crippen LogP contribution in [0.4, 0.5) is 0 Å². The van der Waals surface area contributed by atoms with Crippen LogP contribution in [0, 0.1) is 11.3 Å². The maximum absolute atomic E-state index is 8.86. The molecule has 0 aliphatic carbocycles. The Morgan fingerprint density at radius 1 is 0.800 bits per heavy atom. The summed E-state index contributed by atoms with van der Waals surface area (Å²) in [4.78, 5) is 0. The van der Waals surface area contributed by atoms with Crippen molar-refractivity contribution in [3.05, 3.63) is 54.1 Å². The fourth-order valence-electron chi connectivity index (χ4n) is 2.78. The van der Waals surface area contributed by atoms with E-state index in [0.29, 0.717) is 5.56 Å². The summed E-state index contributed by atoms with van der Waals surface area (Å²) in [5.41, 5.74) is 2.95. The number of hydrogen-bond acceptors (Lipinski definition) is 2. The maximum atomic E-state index is 8.86. The monoisotopic (exact) mass is 351 g/mol. The van der Waals surface area contributed by atoms with Crippen LogP contribution in [0.15, 0.2) is 48.5 Å². The van der Waals surface area contributed by atoms with Crippen LogP contribution in [0.1, 0.15) is 31.2 Å². The average molecular weight is 352 g/mol. The molecular formula is C22H29NOSi. The molecule has 0 aromatic heterocycles. The predicted molar refractivity (Wildman–Crippen MR) is 109 cm³/mol. The second kappa shape index (κ2) is 9.44. The minimum atomic E-state index is -0.864. The van der Waals surface area contributed by atoms with Crippen LogP contribution >= 0.6 is 0 Å². The van der Waals surface area contributed by atoms with E-state index < -0.39 is 8.07 Å². The zero-order valence-electron chi connectivity index (χ0n) is 15.7. The second-order valence-corrected chi connectivity index (χ2v) is 13.4. The summed E-state index contributed by atoms with van der Waals surface area (Å²) in [6.07, 6.45) is 5.08. The van der Waals surface area contributed by atoms with E-state index in [4.69, 9.17) is 10.00 Å². The van der Waals surface area contributed by atoms with Gasteiger partial charge in [-0.1, -0.05) is 69.2 Å². The highest BCUT2D eigenvalue weighted by molar-refractivity contribution is 6.76. The Morgan fingerprint density at radius 2 is 1.36 bits per heavy atom. The fraction of sp³-hybridized carbons (Fsp3) is 0.409. The molecule has 0 amide bonds. The number of ether oxygens (including phenoxy) is 1. The predicted octanol–water partition coefficient (Wildman–Crippen LogP) is 6.50. The lowest BCUT2D eigenvalue weighted by Gasteiger charge is -2.14. The van der Waals surface area contributed by atoms with Crippen molar-refractivity contribution in [3.8, 4) is 22.9 Å². The quantitative estimate of drug-likeness (QED) is 0.381. The topological polar surface area (TPSA) is 33.0 Å². The van der Waals surface area contributed by atoms with Crippen molar-refractivity contribution >= 4 is 8.07 Å². The van der Waals surface area contributed by atoms with Crippen LogP contribution in [-0.2, 0) is 0 Å². The Kier molecular flexibility index (Phi) is 7.27. The van der Waals surface area contributed by atoms with Gasteiger partial charge in [0.05, 0.1) is 18.2 Å². The highest BCUT2D eigenvalue weighted by Gasteiger charge is 2.11. The van der Waals surface area contributed by atoms with E-state index in [1.807, 2.05) is 36.4 Å². The molecule has 25 heavy (non-hydrogen) atoms. The van der Waals surface area contributed by atoms with Crippen molar-refractivity contribution in [3.63, 3.8) is 0 Å². The van der Waals surface area contributed by atoms with Crippen LogP contribution in [0.2, 0.25) is 25.7 Å². The summed E-state index contributed by atoms with van der Waals surface area (Å²) >= 11 is 0. The number of rotatable bonds is 9. The van der Waals surface area contributed by atoms with E-state index in [9.17, 15) is 0 Å². The van der Waals surface area contributed by atoms with Gasteiger partial charge in [0.25, 0.3) is 0 Å².